The van der Waals surface area contributed by atoms with Gasteiger partial charge in [0.05, 0.1) is 7.11 Å². The maximum Gasteiger partial charge on any atom is 0.332 e. The molecule has 0 heterocycles. The molecule has 0 aromatic heterocycles. The van der Waals surface area contributed by atoms with Crippen molar-refractivity contribution in [2.75, 3.05) is 20.3 Å². The molecule has 0 spiro atoms. The van der Waals surface area contributed by atoms with Crippen LogP contribution in [0.2, 0.25) is 0 Å². The summed E-state index contributed by atoms with van der Waals surface area (Å²) in [4.78, 5) is 10.2. The first-order valence-corrected chi connectivity index (χ1v) is 5.91. The molecule has 16 heavy (non-hydrogen) atoms. The third-order valence-corrected chi connectivity index (χ3v) is 1.82. The molecule has 0 aromatic rings. The molecule has 0 atom stereocenters. The molecule has 3 heteroatoms. The molecular formula is C13H26O3. The summed E-state index contributed by atoms with van der Waals surface area (Å²) in [6, 6.07) is 0. The second-order valence-corrected chi connectivity index (χ2v) is 3.59. The molecule has 0 aliphatic rings. The van der Waals surface area contributed by atoms with E-state index >= 15 is 0 Å². The van der Waals surface area contributed by atoms with Crippen molar-refractivity contribution in [1.82, 2.24) is 0 Å². The zero-order valence-electron chi connectivity index (χ0n) is 11.2. The lowest BCUT2D eigenvalue weighted by Crippen LogP contribution is -1.98. The number of hydrogen-bond donors (Lipinski definition) is 0. The van der Waals surface area contributed by atoms with Gasteiger partial charge in [0.25, 0.3) is 0 Å². The van der Waals surface area contributed by atoms with E-state index in [0.29, 0.717) is 5.57 Å². The molecule has 0 aliphatic heterocycles. The standard InChI is InChI=1S/C8H18O.C5H8O2/c1-3-5-7-9-8-6-4-2;1-4(2)5(6)7-3/h3-8H2,1-2H3;1H2,2-3H3. The SMILES string of the molecule is C=C(C)C(=O)OC.CCCCOCCCC. The van der Waals surface area contributed by atoms with Gasteiger partial charge in [-0.2, -0.15) is 0 Å². The van der Waals surface area contributed by atoms with E-state index in [1.165, 1.54) is 32.8 Å². The summed E-state index contributed by atoms with van der Waals surface area (Å²) in [5.41, 5.74) is 0.433. The van der Waals surface area contributed by atoms with Crippen LogP contribution >= 0.6 is 0 Å². The van der Waals surface area contributed by atoms with Crippen molar-refractivity contribution < 1.29 is 14.3 Å². The van der Waals surface area contributed by atoms with Gasteiger partial charge in [0.15, 0.2) is 0 Å². The van der Waals surface area contributed by atoms with Gasteiger partial charge < -0.3 is 9.47 Å². The van der Waals surface area contributed by atoms with Crippen LogP contribution in [0.3, 0.4) is 0 Å². The van der Waals surface area contributed by atoms with Crippen LogP contribution in [0.1, 0.15) is 46.5 Å². The maximum atomic E-state index is 10.2. The van der Waals surface area contributed by atoms with Gasteiger partial charge in [0.1, 0.15) is 0 Å². The highest BCUT2D eigenvalue weighted by molar-refractivity contribution is 5.86. The quantitative estimate of drug-likeness (QED) is 0.382. The number of carbonyl (C=O) groups is 1. The Morgan fingerprint density at radius 2 is 1.56 bits per heavy atom. The van der Waals surface area contributed by atoms with E-state index in [9.17, 15) is 4.79 Å². The molecule has 0 radical (unpaired) electrons. The molecule has 0 saturated carbocycles. The van der Waals surface area contributed by atoms with Gasteiger partial charge in [0.2, 0.25) is 0 Å². The van der Waals surface area contributed by atoms with Crippen LogP contribution < -0.4 is 0 Å². The minimum Gasteiger partial charge on any atom is -0.466 e. The first kappa shape index (κ1) is 17.6. The number of rotatable bonds is 7. The number of methoxy groups -OCH3 is 1. The van der Waals surface area contributed by atoms with E-state index in [2.05, 4.69) is 25.2 Å². The van der Waals surface area contributed by atoms with Gasteiger partial charge >= 0.3 is 5.97 Å². The highest BCUT2D eigenvalue weighted by atomic mass is 16.5. The van der Waals surface area contributed by atoms with Crippen LogP contribution in [0.15, 0.2) is 12.2 Å². The van der Waals surface area contributed by atoms with E-state index in [1.54, 1.807) is 6.92 Å². The molecule has 0 rings (SSSR count). The van der Waals surface area contributed by atoms with Crippen LogP contribution in [-0.4, -0.2) is 26.3 Å². The Kier molecular flexibility index (Phi) is 15.6. The summed E-state index contributed by atoms with van der Waals surface area (Å²) in [6.45, 7) is 11.2. The average molecular weight is 230 g/mol. The lowest BCUT2D eigenvalue weighted by atomic mass is 10.3. The fourth-order valence-corrected chi connectivity index (χ4v) is 0.769. The number of unbranched alkanes of at least 4 members (excludes halogenated alkanes) is 2. The highest BCUT2D eigenvalue weighted by Crippen LogP contribution is 1.91. The average Bonchev–Trinajstić information content (AvgIpc) is 2.28. The first-order valence-electron chi connectivity index (χ1n) is 5.91. The van der Waals surface area contributed by atoms with Crippen LogP contribution in [0, 0.1) is 0 Å². The van der Waals surface area contributed by atoms with Crippen molar-refractivity contribution in [1.29, 1.82) is 0 Å². The van der Waals surface area contributed by atoms with Crippen LogP contribution in [0.25, 0.3) is 0 Å². The second kappa shape index (κ2) is 14.2. The van der Waals surface area contributed by atoms with E-state index in [4.69, 9.17) is 4.74 Å². The Balaban J connectivity index is 0. The van der Waals surface area contributed by atoms with Crippen molar-refractivity contribution in [3.8, 4) is 0 Å². The van der Waals surface area contributed by atoms with Crippen LogP contribution in [0.4, 0.5) is 0 Å². The molecule has 0 N–H and O–H groups in total. The zero-order valence-corrected chi connectivity index (χ0v) is 11.2. The smallest absolute Gasteiger partial charge is 0.332 e. The molecule has 0 aromatic carbocycles. The predicted molar refractivity (Wildman–Crippen MR) is 67.5 cm³/mol. The van der Waals surface area contributed by atoms with Gasteiger partial charge in [-0.3, -0.25) is 0 Å². The fourth-order valence-electron chi connectivity index (χ4n) is 0.769. The highest BCUT2D eigenvalue weighted by Gasteiger charge is 1.95. The molecular weight excluding hydrogens is 204 g/mol. The van der Waals surface area contributed by atoms with E-state index in [0.717, 1.165) is 13.2 Å². The topological polar surface area (TPSA) is 35.5 Å². The van der Waals surface area contributed by atoms with Gasteiger partial charge in [0, 0.05) is 18.8 Å². The summed E-state index contributed by atoms with van der Waals surface area (Å²) < 4.78 is 9.59. The summed E-state index contributed by atoms with van der Waals surface area (Å²) in [6.07, 6.45) is 4.91. The van der Waals surface area contributed by atoms with Crippen molar-refractivity contribution in [3.63, 3.8) is 0 Å². The normalized spacial score (nSPS) is 9.00. The Labute approximate surface area is 99.8 Å². The molecule has 0 fully saturated rings. The fraction of sp³-hybridized carbons (Fsp3) is 0.769. The molecule has 96 valence electrons. The molecule has 3 nitrogen and oxygen atoms in total. The van der Waals surface area contributed by atoms with Crippen molar-refractivity contribution in [2.45, 2.75) is 46.5 Å². The lowest BCUT2D eigenvalue weighted by Gasteiger charge is -1.99. The number of hydrogen-bond acceptors (Lipinski definition) is 3. The lowest BCUT2D eigenvalue weighted by molar-refractivity contribution is -0.136. The summed E-state index contributed by atoms with van der Waals surface area (Å²) in [5.74, 6) is -0.347. The van der Waals surface area contributed by atoms with Crippen molar-refractivity contribution in [3.05, 3.63) is 12.2 Å². The van der Waals surface area contributed by atoms with Gasteiger partial charge in [-0.15, -0.1) is 0 Å². The third-order valence-electron chi connectivity index (χ3n) is 1.82. The number of carbonyl (C=O) groups excluding carboxylic acids is 1. The van der Waals surface area contributed by atoms with E-state index in [1.807, 2.05) is 0 Å². The van der Waals surface area contributed by atoms with Gasteiger partial charge in [-0.1, -0.05) is 33.3 Å². The predicted octanol–water partition coefficient (Wildman–Crippen LogP) is 3.34. The summed E-state index contributed by atoms with van der Waals surface area (Å²) in [7, 11) is 1.33. The molecule has 0 unspecified atom stereocenters. The van der Waals surface area contributed by atoms with E-state index < -0.39 is 0 Å². The third kappa shape index (κ3) is 15.6. The monoisotopic (exact) mass is 230 g/mol. The minimum atomic E-state index is -0.347. The van der Waals surface area contributed by atoms with Crippen molar-refractivity contribution >= 4 is 5.97 Å². The molecule has 0 saturated heterocycles. The van der Waals surface area contributed by atoms with Crippen LogP contribution in [-0.2, 0) is 14.3 Å². The van der Waals surface area contributed by atoms with Crippen LogP contribution in [0.5, 0.6) is 0 Å². The molecule has 0 aliphatic carbocycles. The Morgan fingerprint density at radius 1 is 1.12 bits per heavy atom. The number of esters is 1. The summed E-state index contributed by atoms with van der Waals surface area (Å²) >= 11 is 0. The molecule has 0 amide bonds. The first-order chi connectivity index (χ1) is 7.59. The Morgan fingerprint density at radius 3 is 1.75 bits per heavy atom. The molecule has 0 bridgehead atoms. The van der Waals surface area contributed by atoms with E-state index in [-0.39, 0.29) is 5.97 Å². The minimum absolute atomic E-state index is 0.347. The Bertz CT molecular complexity index is 170. The Hall–Kier alpha value is -0.830. The van der Waals surface area contributed by atoms with Gasteiger partial charge in [-0.25, -0.2) is 4.79 Å². The van der Waals surface area contributed by atoms with Crippen molar-refractivity contribution in [2.24, 2.45) is 0 Å². The maximum absolute atomic E-state index is 10.2. The summed E-state index contributed by atoms with van der Waals surface area (Å²) in [5, 5.41) is 0. The largest absolute Gasteiger partial charge is 0.466 e. The second-order valence-electron chi connectivity index (χ2n) is 3.59. The zero-order chi connectivity index (χ0) is 12.8. The van der Waals surface area contributed by atoms with Gasteiger partial charge in [-0.05, 0) is 19.8 Å². The number of ether oxygens (including phenoxy) is 2.